The molecule has 0 aliphatic heterocycles. The number of carbonyl (C=O) groups excluding carboxylic acids is 1. The van der Waals surface area contributed by atoms with Crippen LogP contribution in [0, 0.1) is 0 Å². The van der Waals surface area contributed by atoms with Gasteiger partial charge in [0, 0.05) is 10.9 Å². The number of fused-ring (bicyclic) bond motifs is 1. The van der Waals surface area contributed by atoms with Crippen LogP contribution >= 0.6 is 0 Å². The van der Waals surface area contributed by atoms with Crippen LogP contribution in [0.2, 0.25) is 0 Å². The maximum atomic E-state index is 12.1. The lowest BCUT2D eigenvalue weighted by Gasteiger charge is -2.18. The zero-order valence-electron chi connectivity index (χ0n) is 10.2. The van der Waals surface area contributed by atoms with Crippen molar-refractivity contribution >= 4 is 28.7 Å². The summed E-state index contributed by atoms with van der Waals surface area (Å²) >= 11 is 0. The van der Waals surface area contributed by atoms with E-state index in [0.29, 0.717) is 5.52 Å². The van der Waals surface area contributed by atoms with Gasteiger partial charge in [0.2, 0.25) is 0 Å². The van der Waals surface area contributed by atoms with Crippen LogP contribution in [0.4, 0.5) is 0 Å². The summed E-state index contributed by atoms with van der Waals surface area (Å²) in [7, 11) is 0. The molecule has 2 rings (SSSR count). The Kier molecular flexibility index (Phi) is 3.65. The average Bonchev–Trinajstić information content (AvgIpc) is 2.83. The van der Waals surface area contributed by atoms with Gasteiger partial charge in [-0.2, -0.15) is 5.10 Å². The van der Waals surface area contributed by atoms with Gasteiger partial charge in [0.25, 0.3) is 5.91 Å². The van der Waals surface area contributed by atoms with Gasteiger partial charge in [-0.05, 0) is 12.1 Å². The molecule has 0 radical (unpaired) electrons. The fourth-order valence-electron chi connectivity index (χ4n) is 1.78. The van der Waals surface area contributed by atoms with Crippen LogP contribution < -0.4 is 0 Å². The first kappa shape index (κ1) is 13.5. The van der Waals surface area contributed by atoms with Gasteiger partial charge in [-0.15, -0.1) is 0 Å². The number of carbonyl (C=O) groups is 3. The van der Waals surface area contributed by atoms with E-state index in [2.05, 4.69) is 10.2 Å². The second-order valence-corrected chi connectivity index (χ2v) is 4.12. The fourth-order valence-corrected chi connectivity index (χ4v) is 1.78. The number of benzene rings is 1. The molecule has 104 valence electrons. The first-order chi connectivity index (χ1) is 9.47. The highest BCUT2D eigenvalue weighted by Gasteiger charge is 2.21. The number of hydrogen-bond donors (Lipinski definition) is 3. The van der Waals surface area contributed by atoms with Gasteiger partial charge in [0.15, 0.2) is 0 Å². The smallest absolute Gasteiger partial charge is 0.323 e. The van der Waals surface area contributed by atoms with Crippen LogP contribution in [0.25, 0.3) is 10.9 Å². The lowest BCUT2D eigenvalue weighted by Crippen LogP contribution is -2.39. The second-order valence-electron chi connectivity index (χ2n) is 4.12. The summed E-state index contributed by atoms with van der Waals surface area (Å²) in [5.74, 6) is -3.21. The highest BCUT2D eigenvalue weighted by Crippen LogP contribution is 2.14. The molecule has 1 aromatic carbocycles. The molecular weight excluding hydrogens is 266 g/mol. The Hall–Kier alpha value is -2.90. The molecule has 0 saturated heterocycles. The zero-order chi connectivity index (χ0) is 14.7. The van der Waals surface area contributed by atoms with Crippen LogP contribution in [0.1, 0.15) is 10.4 Å². The van der Waals surface area contributed by atoms with Crippen molar-refractivity contribution in [3.8, 4) is 0 Å². The maximum absolute atomic E-state index is 12.1. The van der Waals surface area contributed by atoms with E-state index >= 15 is 0 Å². The van der Waals surface area contributed by atoms with Gasteiger partial charge in [0.05, 0.1) is 11.7 Å². The first-order valence-electron chi connectivity index (χ1n) is 5.63. The maximum Gasteiger partial charge on any atom is 0.323 e. The van der Waals surface area contributed by atoms with Crippen molar-refractivity contribution in [2.45, 2.75) is 0 Å². The minimum Gasteiger partial charge on any atom is -0.480 e. The number of nitrogens with one attached hydrogen (secondary N) is 1. The van der Waals surface area contributed by atoms with Crippen molar-refractivity contribution in [2.75, 3.05) is 13.1 Å². The molecule has 0 fully saturated rings. The number of rotatable bonds is 5. The standard InChI is InChI=1S/C12H11N3O5/c16-10(17)5-15(6-11(18)19)12(20)7-1-2-8-4-13-14-9(8)3-7/h1-4H,5-6H2,(H,13,14)(H,16,17)(H,18,19). The number of amides is 1. The monoisotopic (exact) mass is 277 g/mol. The lowest BCUT2D eigenvalue weighted by atomic mass is 10.1. The largest absolute Gasteiger partial charge is 0.480 e. The predicted octanol–water partition coefficient (Wildman–Crippen LogP) is 0.174. The predicted molar refractivity (Wildman–Crippen MR) is 67.3 cm³/mol. The molecule has 8 nitrogen and oxygen atoms in total. The first-order valence-corrected chi connectivity index (χ1v) is 5.63. The summed E-state index contributed by atoms with van der Waals surface area (Å²) in [5.41, 5.74) is 0.811. The van der Waals surface area contributed by atoms with E-state index in [1.165, 1.54) is 12.1 Å². The summed E-state index contributed by atoms with van der Waals surface area (Å²) in [6.45, 7) is -1.35. The van der Waals surface area contributed by atoms with Crippen molar-refractivity contribution in [3.63, 3.8) is 0 Å². The number of aliphatic carboxylic acids is 2. The summed E-state index contributed by atoms with van der Waals surface area (Å²) in [4.78, 5) is 34.3. The molecule has 0 saturated carbocycles. The summed E-state index contributed by atoms with van der Waals surface area (Å²) in [5, 5.41) is 24.7. The number of aromatic nitrogens is 2. The average molecular weight is 277 g/mol. The number of H-pyrrole nitrogens is 1. The molecule has 1 amide bonds. The molecule has 20 heavy (non-hydrogen) atoms. The minimum absolute atomic E-state index is 0.198. The Balaban J connectivity index is 2.29. The van der Waals surface area contributed by atoms with Crippen LogP contribution in [0.15, 0.2) is 24.4 Å². The van der Waals surface area contributed by atoms with E-state index in [9.17, 15) is 14.4 Å². The zero-order valence-corrected chi connectivity index (χ0v) is 10.2. The van der Waals surface area contributed by atoms with Crippen LogP contribution in [-0.2, 0) is 9.59 Å². The Morgan fingerprint density at radius 1 is 1.15 bits per heavy atom. The molecule has 0 spiro atoms. The molecule has 0 atom stereocenters. The highest BCUT2D eigenvalue weighted by molar-refractivity contribution is 6.00. The summed E-state index contributed by atoms with van der Waals surface area (Å²) in [6.07, 6.45) is 1.58. The quantitative estimate of drug-likeness (QED) is 0.716. The van der Waals surface area contributed by atoms with E-state index < -0.39 is 30.9 Å². The van der Waals surface area contributed by atoms with Gasteiger partial charge in [-0.25, -0.2) is 0 Å². The van der Waals surface area contributed by atoms with E-state index in [-0.39, 0.29) is 5.56 Å². The van der Waals surface area contributed by atoms with E-state index in [4.69, 9.17) is 10.2 Å². The van der Waals surface area contributed by atoms with Crippen molar-refractivity contribution < 1.29 is 24.6 Å². The molecule has 3 N–H and O–H groups in total. The van der Waals surface area contributed by atoms with Gasteiger partial charge in [-0.1, -0.05) is 6.07 Å². The fraction of sp³-hybridized carbons (Fsp3) is 0.167. The SMILES string of the molecule is O=C(O)CN(CC(=O)O)C(=O)c1ccc2cn[nH]c2c1. The molecule has 0 aliphatic carbocycles. The van der Waals surface area contributed by atoms with E-state index in [0.717, 1.165) is 10.3 Å². The molecular formula is C12H11N3O5. The second kappa shape index (κ2) is 5.39. The summed E-state index contributed by atoms with van der Waals surface area (Å²) in [6, 6.07) is 4.64. The molecule has 2 aromatic rings. The number of nitrogens with zero attached hydrogens (tertiary/aromatic N) is 2. The molecule has 0 bridgehead atoms. The Labute approximate surface area is 112 Å². The van der Waals surface area contributed by atoms with Crippen molar-refractivity contribution in [1.29, 1.82) is 0 Å². The molecule has 1 heterocycles. The van der Waals surface area contributed by atoms with Gasteiger partial charge in [0.1, 0.15) is 13.1 Å². The van der Waals surface area contributed by atoms with E-state index in [1.54, 1.807) is 12.3 Å². The van der Waals surface area contributed by atoms with Crippen molar-refractivity contribution in [3.05, 3.63) is 30.0 Å². The normalized spacial score (nSPS) is 10.4. The van der Waals surface area contributed by atoms with Crippen molar-refractivity contribution in [2.24, 2.45) is 0 Å². The summed E-state index contributed by atoms with van der Waals surface area (Å²) < 4.78 is 0. The number of hydrogen-bond acceptors (Lipinski definition) is 4. The molecule has 0 unspecified atom stereocenters. The number of aromatic amines is 1. The van der Waals surface area contributed by atoms with Gasteiger partial charge >= 0.3 is 11.9 Å². The highest BCUT2D eigenvalue weighted by atomic mass is 16.4. The third-order valence-corrected chi connectivity index (χ3v) is 2.63. The number of carboxylic acid groups (broad SMARTS) is 2. The van der Waals surface area contributed by atoms with Crippen LogP contribution in [0.3, 0.4) is 0 Å². The lowest BCUT2D eigenvalue weighted by molar-refractivity contribution is -0.140. The third kappa shape index (κ3) is 2.91. The topological polar surface area (TPSA) is 124 Å². The number of carboxylic acids is 2. The van der Waals surface area contributed by atoms with Crippen LogP contribution in [0.5, 0.6) is 0 Å². The molecule has 1 aromatic heterocycles. The van der Waals surface area contributed by atoms with Gasteiger partial charge in [-0.3, -0.25) is 19.5 Å². The minimum atomic E-state index is -1.28. The van der Waals surface area contributed by atoms with Crippen molar-refractivity contribution in [1.82, 2.24) is 15.1 Å². The molecule has 0 aliphatic rings. The Bertz CT molecular complexity index is 663. The third-order valence-electron chi connectivity index (χ3n) is 2.63. The van der Waals surface area contributed by atoms with E-state index in [1.807, 2.05) is 0 Å². The van der Waals surface area contributed by atoms with Crippen LogP contribution in [-0.4, -0.2) is 56.2 Å². The molecule has 8 heteroatoms. The Morgan fingerprint density at radius 3 is 2.40 bits per heavy atom. The Morgan fingerprint density at radius 2 is 1.80 bits per heavy atom. The van der Waals surface area contributed by atoms with Gasteiger partial charge < -0.3 is 15.1 Å².